The molecule has 20 heteroatoms. The minimum absolute atomic E-state index is 0.00645. The maximum absolute atomic E-state index is 14.7. The van der Waals surface area contributed by atoms with Crippen molar-refractivity contribution in [2.75, 3.05) is 33.9 Å². The maximum atomic E-state index is 14.7. The van der Waals surface area contributed by atoms with E-state index < -0.39 is 96.1 Å². The molecule has 14 atom stereocenters. The molecule has 2 aromatic rings. The Kier molecular flexibility index (Phi) is 27.2. The van der Waals surface area contributed by atoms with Crippen LogP contribution in [0.2, 0.25) is 0 Å². The Morgan fingerprint density at radius 3 is 2.35 bits per heavy atom. The number of aliphatic hydroxyl groups excluding tert-OH is 1. The molecule has 3 heterocycles. The van der Waals surface area contributed by atoms with Gasteiger partial charge in [-0.1, -0.05) is 96.2 Å². The van der Waals surface area contributed by atoms with Crippen molar-refractivity contribution in [2.45, 2.75) is 207 Å². The van der Waals surface area contributed by atoms with Gasteiger partial charge >= 0.3 is 12.1 Å². The van der Waals surface area contributed by atoms with Gasteiger partial charge in [-0.25, -0.2) is 14.3 Å². The largest absolute Gasteiger partial charge is 0.460 e. The molecule has 0 bridgehead atoms. The van der Waals surface area contributed by atoms with Gasteiger partial charge in [-0.15, -0.1) is 5.10 Å². The predicted octanol–water partition coefficient (Wildman–Crippen LogP) is 7.68. The smallest absolute Gasteiger partial charge is 0.407 e. The highest BCUT2D eigenvalue weighted by Gasteiger charge is 2.53. The first-order chi connectivity index (χ1) is 39.1. The summed E-state index contributed by atoms with van der Waals surface area (Å²) in [4.78, 5) is 85.6. The monoisotopic (exact) mass is 1150 g/mol. The summed E-state index contributed by atoms with van der Waals surface area (Å²) in [7, 11) is 2.93. The topological polar surface area (TPSA) is 257 Å². The molecule has 1 saturated carbocycles. The van der Waals surface area contributed by atoms with Crippen molar-refractivity contribution in [3.63, 3.8) is 0 Å². The van der Waals surface area contributed by atoms with Crippen molar-refractivity contribution in [3.8, 4) is 0 Å². The van der Waals surface area contributed by atoms with Crippen molar-refractivity contribution >= 4 is 35.3 Å². The van der Waals surface area contributed by atoms with Gasteiger partial charge < -0.3 is 48.9 Å². The van der Waals surface area contributed by atoms with E-state index in [9.17, 15) is 39.0 Å². The van der Waals surface area contributed by atoms with Gasteiger partial charge in [0.2, 0.25) is 5.79 Å². The van der Waals surface area contributed by atoms with E-state index in [1.54, 1.807) is 34.0 Å². The van der Waals surface area contributed by atoms with E-state index in [1.165, 1.54) is 23.0 Å². The van der Waals surface area contributed by atoms with Crippen LogP contribution in [0.4, 0.5) is 4.79 Å². The number of alkyl carbamates (subject to hydrolysis) is 1. The van der Waals surface area contributed by atoms with Gasteiger partial charge in [0.1, 0.15) is 42.6 Å². The van der Waals surface area contributed by atoms with Gasteiger partial charge in [0.15, 0.2) is 5.78 Å². The van der Waals surface area contributed by atoms with Gasteiger partial charge in [0.05, 0.1) is 31.5 Å². The zero-order chi connectivity index (χ0) is 60.1. The molecule has 1 aromatic heterocycles. The van der Waals surface area contributed by atoms with E-state index in [2.05, 4.69) is 20.8 Å². The molecule has 3 fully saturated rings. The van der Waals surface area contributed by atoms with Gasteiger partial charge in [0.25, 0.3) is 11.7 Å². The molecule has 3 N–H and O–H groups in total. The second-order valence-electron chi connectivity index (χ2n) is 23.5. The van der Waals surface area contributed by atoms with Gasteiger partial charge in [0, 0.05) is 57.9 Å². The molecule has 1 aliphatic carbocycles. The molecule has 2 amide bonds. The zero-order valence-electron chi connectivity index (χ0n) is 50.4. The number of nitrogens with zero attached hydrogens (tertiary/aromatic N) is 5. The Morgan fingerprint density at radius 2 is 1.68 bits per heavy atom. The van der Waals surface area contributed by atoms with E-state index >= 15 is 0 Å². The molecule has 3 aliphatic rings. The molecular formula is C62H94N6O14. The summed E-state index contributed by atoms with van der Waals surface area (Å²) in [5, 5.41) is 37.3. The van der Waals surface area contributed by atoms with Crippen LogP contribution in [0.25, 0.3) is 0 Å². The Hall–Kier alpha value is -5.51. The molecule has 0 radical (unpaired) electrons. The third-order valence-electron chi connectivity index (χ3n) is 16.6. The highest BCUT2D eigenvalue weighted by atomic mass is 16.6. The number of benzene rings is 1. The van der Waals surface area contributed by atoms with E-state index in [1.807, 2.05) is 90.1 Å². The number of allylic oxidation sites excluding steroid dienone is 4. The number of rotatable bonds is 31. The van der Waals surface area contributed by atoms with Crippen molar-refractivity contribution < 1.29 is 67.4 Å². The molecule has 1 aromatic carbocycles. The van der Waals surface area contributed by atoms with Crippen LogP contribution in [-0.4, -0.2) is 159 Å². The van der Waals surface area contributed by atoms with Crippen LogP contribution in [0.15, 0.2) is 72.1 Å². The van der Waals surface area contributed by atoms with Crippen LogP contribution in [0.5, 0.6) is 0 Å². The highest BCUT2D eigenvalue weighted by Crippen LogP contribution is 2.38. The minimum Gasteiger partial charge on any atom is -0.460 e. The summed E-state index contributed by atoms with van der Waals surface area (Å²) < 4.78 is 37.8. The fourth-order valence-corrected chi connectivity index (χ4v) is 11.6. The summed E-state index contributed by atoms with van der Waals surface area (Å²) in [6.07, 6.45) is 8.43. The van der Waals surface area contributed by atoms with Crippen LogP contribution in [0, 0.1) is 35.5 Å². The Morgan fingerprint density at radius 1 is 0.939 bits per heavy atom. The number of likely N-dealkylation sites (tertiary alicyclic amines) is 1. The average Bonchev–Trinajstić information content (AvgIpc) is 4.14. The molecule has 20 nitrogen and oxygen atoms in total. The first kappa shape index (κ1) is 67.3. The van der Waals surface area contributed by atoms with E-state index in [-0.39, 0.29) is 55.3 Å². The molecule has 456 valence electrons. The number of esters is 1. The van der Waals surface area contributed by atoms with Crippen molar-refractivity contribution in [1.29, 1.82) is 0 Å². The third-order valence-corrected chi connectivity index (χ3v) is 16.6. The number of amides is 2. The molecule has 0 spiro atoms. The Labute approximate surface area is 485 Å². The van der Waals surface area contributed by atoms with Crippen molar-refractivity contribution in [1.82, 2.24) is 30.4 Å². The lowest BCUT2D eigenvalue weighted by molar-refractivity contribution is -0.266. The van der Waals surface area contributed by atoms with Crippen LogP contribution in [0.3, 0.4) is 0 Å². The SMILES string of the molecule is C/C=C/C=C(\C)C(C[C@@H]1CC[C@@H](C)[C@](O)(C(=O)C(=O)N2CCCCC2C(=O)O[C@@H](CC(=O)[C@H](C)/C=C(\C)[C@@H](O)[C@@H](OC)C(=O)[C@H](C)CC(C)C)[C@H](C)C[C@@H]2CC[C@@H](OC(=O)NCCn3cnnn3)[C@H](OC)C2)O1)OCCc1ccccc1. The fraction of sp³-hybridized carbons (Fsp3) is 0.694. The predicted molar refractivity (Wildman–Crippen MR) is 307 cm³/mol. The standard InChI is InChI=1S/C62H94N6O14/c1-12-13-19-40(4)52(79-31-27-46-20-15-14-16-21-46)36-48-25-23-45(9)62(76,82-48)58(72)59(73)68-29-18-17-22-49(68)60(74)80-53(37-50(69)41(5)33-44(8)56(71)57(78-11)55(70)43(7)32-39(2)3)42(6)34-47-24-26-51(54(35-47)77-10)81-61(75)63-28-30-67-38-64-65-66-67/h12-16,19-21,33,38-39,41-43,45,47-49,51-54,56-57,71,76H,17-18,22-32,34-37H2,1-11H3,(H,63,75)/b13-12+,40-19+,44-33+/t41-,42-,43-,45-,47+,48+,49?,51-,52?,53+,54-,56-,57+,62-/m1/s1. The van der Waals surface area contributed by atoms with Crippen LogP contribution in [0.1, 0.15) is 145 Å². The number of ether oxygens (including phenoxy) is 6. The number of nitrogens with one attached hydrogen (secondary N) is 1. The summed E-state index contributed by atoms with van der Waals surface area (Å²) in [6, 6.07) is 8.79. The number of hydrogen-bond donors (Lipinski definition) is 3. The van der Waals surface area contributed by atoms with Crippen LogP contribution in [-0.2, 0) is 65.4 Å². The van der Waals surface area contributed by atoms with Gasteiger partial charge in [-0.3, -0.25) is 19.2 Å². The highest BCUT2D eigenvalue weighted by molar-refractivity contribution is 6.39. The first-order valence-corrected chi connectivity index (χ1v) is 29.6. The number of tetrazole rings is 1. The number of methoxy groups -OCH3 is 2. The summed E-state index contributed by atoms with van der Waals surface area (Å²) in [6.45, 7) is 17.7. The number of carbonyl (C=O) groups is 6. The van der Waals surface area contributed by atoms with Crippen molar-refractivity contribution in [3.05, 3.63) is 77.7 Å². The third kappa shape index (κ3) is 19.5. The normalized spacial score (nSPS) is 25.4. The average molecular weight is 1150 g/mol. The number of aliphatic hydroxyl groups is 2. The van der Waals surface area contributed by atoms with Crippen molar-refractivity contribution in [2.24, 2.45) is 35.5 Å². The molecule has 2 aliphatic heterocycles. The number of aromatic nitrogens is 4. The summed E-state index contributed by atoms with van der Waals surface area (Å²) in [5.74, 6) is -8.07. The minimum atomic E-state index is -2.48. The molecule has 5 rings (SSSR count). The number of carbonyl (C=O) groups excluding carboxylic acids is 6. The lowest BCUT2D eigenvalue weighted by Crippen LogP contribution is -2.61. The summed E-state index contributed by atoms with van der Waals surface area (Å²) >= 11 is 0. The van der Waals surface area contributed by atoms with Crippen LogP contribution < -0.4 is 5.32 Å². The number of hydrogen-bond acceptors (Lipinski definition) is 17. The van der Waals surface area contributed by atoms with E-state index in [0.717, 1.165) is 11.1 Å². The quantitative estimate of drug-likeness (QED) is 0.0283. The number of piperidine rings is 1. The van der Waals surface area contributed by atoms with Gasteiger partial charge in [-0.05, 0) is 136 Å². The zero-order valence-corrected chi connectivity index (χ0v) is 50.4. The van der Waals surface area contributed by atoms with E-state index in [4.69, 9.17) is 28.4 Å². The molecule has 2 unspecified atom stereocenters. The first-order valence-electron chi connectivity index (χ1n) is 29.6. The second-order valence-corrected chi connectivity index (χ2v) is 23.5. The number of ketones is 3. The maximum Gasteiger partial charge on any atom is 0.407 e. The molecule has 2 saturated heterocycles. The number of Topliss-reactive ketones (excluding diaryl/α,β-unsaturated/α-hetero) is 3. The fourth-order valence-electron chi connectivity index (χ4n) is 11.6. The summed E-state index contributed by atoms with van der Waals surface area (Å²) in [5.41, 5.74) is 2.44. The second kappa shape index (κ2) is 33.1. The Bertz CT molecular complexity index is 2450. The molecular weight excluding hydrogens is 1050 g/mol. The van der Waals surface area contributed by atoms with Crippen LogP contribution >= 0.6 is 0 Å². The molecule has 82 heavy (non-hydrogen) atoms. The lowest BCUT2D eigenvalue weighted by atomic mass is 9.78. The lowest BCUT2D eigenvalue weighted by Gasteiger charge is -2.43. The van der Waals surface area contributed by atoms with Gasteiger partial charge in [-0.2, -0.15) is 0 Å². The Balaban J connectivity index is 1.32. The van der Waals surface area contributed by atoms with E-state index in [0.29, 0.717) is 89.4 Å².